The lowest BCUT2D eigenvalue weighted by Gasteiger charge is -2.35. The van der Waals surface area contributed by atoms with Crippen LogP contribution in [-0.2, 0) is 4.79 Å². The molecule has 5 heteroatoms. The van der Waals surface area contributed by atoms with Crippen LogP contribution in [0.1, 0.15) is 42.5 Å². The predicted molar refractivity (Wildman–Crippen MR) is 92.1 cm³/mol. The molecule has 0 spiro atoms. The van der Waals surface area contributed by atoms with Crippen LogP contribution in [0.25, 0.3) is 0 Å². The van der Waals surface area contributed by atoms with Gasteiger partial charge in [-0.15, -0.1) is 0 Å². The zero-order valence-electron chi connectivity index (χ0n) is 14.4. The third kappa shape index (κ3) is 3.71. The molecule has 0 saturated carbocycles. The lowest BCUT2D eigenvalue weighted by Crippen LogP contribution is -2.45. The van der Waals surface area contributed by atoms with E-state index in [-0.39, 0.29) is 11.8 Å². The standard InChI is InChI=1S/C19H26N2O3/c1-24-17-7-5-6-16(14-17)19(23)21-12-8-15(9-13-21)18(22)20-10-3-2-4-11-20/h5-7,14-15H,2-4,8-13H2,1H3. The minimum absolute atomic E-state index is 0.0257. The third-order valence-electron chi connectivity index (χ3n) is 5.12. The second kappa shape index (κ2) is 7.69. The smallest absolute Gasteiger partial charge is 0.253 e. The summed E-state index contributed by atoms with van der Waals surface area (Å²) in [5, 5.41) is 0. The van der Waals surface area contributed by atoms with E-state index < -0.39 is 0 Å². The summed E-state index contributed by atoms with van der Waals surface area (Å²) in [5.74, 6) is 1.09. The van der Waals surface area contributed by atoms with Gasteiger partial charge in [0.05, 0.1) is 7.11 Å². The first-order valence-corrected chi connectivity index (χ1v) is 8.91. The zero-order valence-corrected chi connectivity index (χ0v) is 14.4. The number of carbonyl (C=O) groups excluding carboxylic acids is 2. The Morgan fingerprint density at radius 3 is 2.38 bits per heavy atom. The minimum atomic E-state index is 0.0257. The first-order valence-electron chi connectivity index (χ1n) is 8.91. The van der Waals surface area contributed by atoms with Crippen LogP contribution in [0.2, 0.25) is 0 Å². The van der Waals surface area contributed by atoms with Gasteiger partial charge in [0.25, 0.3) is 5.91 Å². The topological polar surface area (TPSA) is 49.9 Å². The molecule has 24 heavy (non-hydrogen) atoms. The minimum Gasteiger partial charge on any atom is -0.497 e. The Kier molecular flexibility index (Phi) is 5.38. The van der Waals surface area contributed by atoms with E-state index in [0.29, 0.717) is 30.3 Å². The van der Waals surface area contributed by atoms with Crippen molar-refractivity contribution < 1.29 is 14.3 Å². The molecule has 0 atom stereocenters. The van der Waals surface area contributed by atoms with Gasteiger partial charge in [0.15, 0.2) is 0 Å². The van der Waals surface area contributed by atoms with Crippen molar-refractivity contribution in [2.75, 3.05) is 33.3 Å². The monoisotopic (exact) mass is 330 g/mol. The molecular weight excluding hydrogens is 304 g/mol. The average Bonchev–Trinajstić information content (AvgIpc) is 2.67. The van der Waals surface area contributed by atoms with Gasteiger partial charge in [-0.25, -0.2) is 0 Å². The maximum Gasteiger partial charge on any atom is 0.253 e. The van der Waals surface area contributed by atoms with Crippen LogP contribution in [0.4, 0.5) is 0 Å². The number of rotatable bonds is 3. The predicted octanol–water partition coefficient (Wildman–Crippen LogP) is 2.56. The van der Waals surface area contributed by atoms with Gasteiger partial charge in [-0.3, -0.25) is 9.59 Å². The largest absolute Gasteiger partial charge is 0.497 e. The highest BCUT2D eigenvalue weighted by molar-refractivity contribution is 5.94. The van der Waals surface area contributed by atoms with Crippen molar-refractivity contribution in [2.45, 2.75) is 32.1 Å². The molecule has 2 aliphatic heterocycles. The Morgan fingerprint density at radius 1 is 1.00 bits per heavy atom. The number of benzene rings is 1. The van der Waals surface area contributed by atoms with Crippen molar-refractivity contribution in [2.24, 2.45) is 5.92 Å². The first kappa shape index (κ1) is 16.8. The fraction of sp³-hybridized carbons (Fsp3) is 0.579. The summed E-state index contributed by atoms with van der Waals surface area (Å²) >= 11 is 0. The van der Waals surface area contributed by atoms with Crippen LogP contribution in [0.3, 0.4) is 0 Å². The van der Waals surface area contributed by atoms with Gasteiger partial charge >= 0.3 is 0 Å². The van der Waals surface area contributed by atoms with E-state index in [2.05, 4.69) is 0 Å². The molecule has 2 fully saturated rings. The number of hydrogen-bond acceptors (Lipinski definition) is 3. The van der Waals surface area contributed by atoms with E-state index in [1.807, 2.05) is 28.0 Å². The molecule has 3 rings (SSSR count). The third-order valence-corrected chi connectivity index (χ3v) is 5.12. The Hall–Kier alpha value is -2.04. The van der Waals surface area contributed by atoms with Gasteiger partial charge < -0.3 is 14.5 Å². The van der Waals surface area contributed by atoms with E-state index in [4.69, 9.17) is 4.74 Å². The Labute approximate surface area is 143 Å². The van der Waals surface area contributed by atoms with Gasteiger partial charge in [0, 0.05) is 37.7 Å². The van der Waals surface area contributed by atoms with Crippen LogP contribution in [0.5, 0.6) is 5.75 Å². The molecule has 0 bridgehead atoms. The molecule has 0 N–H and O–H groups in total. The number of carbonyl (C=O) groups is 2. The molecule has 2 saturated heterocycles. The molecule has 0 unspecified atom stereocenters. The Balaban J connectivity index is 1.56. The number of piperidine rings is 2. The maximum absolute atomic E-state index is 12.6. The van der Waals surface area contributed by atoms with Crippen molar-refractivity contribution in [3.63, 3.8) is 0 Å². The van der Waals surface area contributed by atoms with Gasteiger partial charge in [-0.1, -0.05) is 6.07 Å². The van der Waals surface area contributed by atoms with E-state index in [9.17, 15) is 9.59 Å². The summed E-state index contributed by atoms with van der Waals surface area (Å²) in [5.41, 5.74) is 0.648. The van der Waals surface area contributed by atoms with Crippen LogP contribution in [0, 0.1) is 5.92 Å². The molecule has 2 aliphatic rings. The molecule has 2 heterocycles. The van der Waals surface area contributed by atoms with E-state index in [1.165, 1.54) is 6.42 Å². The number of methoxy groups -OCH3 is 1. The van der Waals surface area contributed by atoms with Crippen molar-refractivity contribution in [1.82, 2.24) is 9.80 Å². The Bertz CT molecular complexity index is 588. The fourth-order valence-corrected chi connectivity index (χ4v) is 3.64. The Morgan fingerprint density at radius 2 is 1.71 bits per heavy atom. The summed E-state index contributed by atoms with van der Waals surface area (Å²) in [6, 6.07) is 7.25. The van der Waals surface area contributed by atoms with Gasteiger partial charge in [-0.2, -0.15) is 0 Å². The quantitative estimate of drug-likeness (QED) is 0.856. The number of likely N-dealkylation sites (tertiary alicyclic amines) is 2. The van der Waals surface area contributed by atoms with Crippen LogP contribution < -0.4 is 4.74 Å². The zero-order chi connectivity index (χ0) is 16.9. The van der Waals surface area contributed by atoms with E-state index in [1.54, 1.807) is 13.2 Å². The highest BCUT2D eigenvalue weighted by atomic mass is 16.5. The van der Waals surface area contributed by atoms with Crippen molar-refractivity contribution in [1.29, 1.82) is 0 Å². The summed E-state index contributed by atoms with van der Waals surface area (Å²) in [7, 11) is 1.60. The maximum atomic E-state index is 12.6. The van der Waals surface area contributed by atoms with Crippen molar-refractivity contribution >= 4 is 11.8 Å². The van der Waals surface area contributed by atoms with E-state index in [0.717, 1.165) is 38.8 Å². The second-order valence-corrected chi connectivity index (χ2v) is 6.68. The summed E-state index contributed by atoms with van der Waals surface area (Å²) in [6.45, 7) is 3.12. The molecule has 2 amide bonds. The van der Waals surface area contributed by atoms with Crippen molar-refractivity contribution in [3.8, 4) is 5.75 Å². The molecular formula is C19H26N2O3. The molecule has 1 aromatic carbocycles. The second-order valence-electron chi connectivity index (χ2n) is 6.68. The average molecular weight is 330 g/mol. The normalized spacial score (nSPS) is 19.2. The summed E-state index contributed by atoms with van der Waals surface area (Å²) in [4.78, 5) is 29.1. The van der Waals surface area contributed by atoms with Crippen LogP contribution in [-0.4, -0.2) is 54.9 Å². The van der Waals surface area contributed by atoms with Gasteiger partial charge in [0.2, 0.25) is 5.91 Å². The lowest BCUT2D eigenvalue weighted by molar-refractivity contribution is -0.137. The summed E-state index contributed by atoms with van der Waals surface area (Å²) in [6.07, 6.45) is 5.02. The SMILES string of the molecule is COc1cccc(C(=O)N2CCC(C(=O)N3CCCCC3)CC2)c1. The van der Waals surface area contributed by atoms with Gasteiger partial charge in [0.1, 0.15) is 5.75 Å². The molecule has 130 valence electrons. The highest BCUT2D eigenvalue weighted by Gasteiger charge is 2.31. The number of ether oxygens (including phenoxy) is 1. The molecule has 5 nitrogen and oxygen atoms in total. The first-order chi connectivity index (χ1) is 11.7. The van der Waals surface area contributed by atoms with Crippen molar-refractivity contribution in [3.05, 3.63) is 29.8 Å². The van der Waals surface area contributed by atoms with E-state index >= 15 is 0 Å². The molecule has 1 aromatic rings. The molecule has 0 radical (unpaired) electrons. The summed E-state index contributed by atoms with van der Waals surface area (Å²) < 4.78 is 5.19. The highest BCUT2D eigenvalue weighted by Crippen LogP contribution is 2.23. The lowest BCUT2D eigenvalue weighted by atomic mass is 9.94. The number of hydrogen-bond donors (Lipinski definition) is 0. The van der Waals surface area contributed by atoms with Gasteiger partial charge in [-0.05, 0) is 50.3 Å². The van der Waals surface area contributed by atoms with Crippen LogP contribution >= 0.6 is 0 Å². The molecule has 0 aliphatic carbocycles. The fourth-order valence-electron chi connectivity index (χ4n) is 3.64. The molecule has 0 aromatic heterocycles. The number of nitrogens with zero attached hydrogens (tertiary/aromatic N) is 2. The number of amides is 2. The van der Waals surface area contributed by atoms with Crippen LogP contribution in [0.15, 0.2) is 24.3 Å².